The normalized spacial score (nSPS) is 14.8. The topological polar surface area (TPSA) is 3.24 Å². The van der Waals surface area contributed by atoms with Crippen LogP contribution in [0.3, 0.4) is 0 Å². The summed E-state index contributed by atoms with van der Waals surface area (Å²) < 4.78 is 0. The van der Waals surface area contributed by atoms with Gasteiger partial charge in [0.05, 0.1) is 0 Å². The molecule has 1 aliphatic heterocycles. The summed E-state index contributed by atoms with van der Waals surface area (Å²) in [6.45, 7) is 7.28. The van der Waals surface area contributed by atoms with Gasteiger partial charge in [0.15, 0.2) is 0 Å². The highest BCUT2D eigenvalue weighted by molar-refractivity contribution is 5.80. The first kappa shape index (κ1) is 12.7. The van der Waals surface area contributed by atoms with Crippen LogP contribution in [0.15, 0.2) is 60.8 Å². The van der Waals surface area contributed by atoms with Crippen molar-refractivity contribution >= 4 is 17.8 Å². The van der Waals surface area contributed by atoms with E-state index >= 15 is 0 Å². The van der Waals surface area contributed by atoms with Gasteiger partial charge in [0.25, 0.3) is 0 Å². The highest BCUT2D eigenvalue weighted by Crippen LogP contribution is 2.31. The maximum Gasteiger partial charge on any atom is 0.0484 e. The number of anilines is 1. The summed E-state index contributed by atoms with van der Waals surface area (Å²) in [4.78, 5) is 2.33. The van der Waals surface area contributed by atoms with Crippen LogP contribution in [0.2, 0.25) is 0 Å². The quantitative estimate of drug-likeness (QED) is 0.727. The zero-order valence-corrected chi connectivity index (χ0v) is 11.8. The van der Waals surface area contributed by atoms with Crippen LogP contribution in [0, 0.1) is 0 Å². The molecule has 3 rings (SSSR count). The van der Waals surface area contributed by atoms with Crippen LogP contribution < -0.4 is 4.90 Å². The first-order valence-corrected chi connectivity index (χ1v) is 7.10. The maximum absolute atomic E-state index is 4.24. The molecule has 0 atom stereocenters. The van der Waals surface area contributed by atoms with E-state index < -0.39 is 0 Å². The average Bonchev–Trinajstić information content (AvgIpc) is 2.49. The Kier molecular flexibility index (Phi) is 3.42. The molecule has 0 aliphatic carbocycles. The Labute approximate surface area is 120 Å². The minimum absolute atomic E-state index is 0.879. The van der Waals surface area contributed by atoms with E-state index in [1.54, 1.807) is 0 Å². The Balaban J connectivity index is 2.17. The Hall–Kier alpha value is -2.28. The summed E-state index contributed by atoms with van der Waals surface area (Å²) in [5, 5.41) is 0. The van der Waals surface area contributed by atoms with E-state index in [1.807, 2.05) is 0 Å². The molecule has 0 saturated carbocycles. The van der Waals surface area contributed by atoms with Crippen LogP contribution in [-0.4, -0.2) is 0 Å². The molecule has 0 aromatic heterocycles. The van der Waals surface area contributed by atoms with Gasteiger partial charge in [-0.2, -0.15) is 0 Å². The summed E-state index contributed by atoms with van der Waals surface area (Å²) in [5.74, 6) is 0. The Morgan fingerprint density at radius 2 is 1.65 bits per heavy atom. The number of para-hydroxylation sites is 1. The van der Waals surface area contributed by atoms with E-state index in [0.717, 1.165) is 18.7 Å². The van der Waals surface area contributed by atoms with Gasteiger partial charge in [0.2, 0.25) is 0 Å². The first-order valence-electron chi connectivity index (χ1n) is 7.10. The lowest BCUT2D eigenvalue weighted by molar-refractivity contribution is 0.865. The fourth-order valence-corrected chi connectivity index (χ4v) is 2.62. The fourth-order valence-electron chi connectivity index (χ4n) is 2.62. The smallest absolute Gasteiger partial charge is 0.0484 e. The van der Waals surface area contributed by atoms with Crippen LogP contribution in [0.5, 0.6) is 0 Å². The molecule has 0 fully saturated rings. The molecule has 0 radical (unpaired) electrons. The molecule has 1 aliphatic rings. The molecule has 0 amide bonds. The highest BCUT2D eigenvalue weighted by atomic mass is 15.1. The van der Waals surface area contributed by atoms with Crippen molar-refractivity contribution in [3.8, 4) is 0 Å². The van der Waals surface area contributed by atoms with E-state index in [1.165, 1.54) is 22.4 Å². The molecule has 0 saturated heterocycles. The third-order valence-corrected chi connectivity index (χ3v) is 3.84. The SMILES string of the molecule is C=C(CC)N1Cc2ccccc2/C=C\c2ccccc21. The lowest BCUT2D eigenvalue weighted by Crippen LogP contribution is -2.23. The van der Waals surface area contributed by atoms with Crippen LogP contribution in [0.1, 0.15) is 30.0 Å². The summed E-state index contributed by atoms with van der Waals surface area (Å²) in [6, 6.07) is 17.1. The minimum atomic E-state index is 0.879. The first-order chi connectivity index (χ1) is 9.79. The third-order valence-electron chi connectivity index (χ3n) is 3.84. The van der Waals surface area contributed by atoms with Crippen molar-refractivity contribution in [1.29, 1.82) is 0 Å². The molecule has 20 heavy (non-hydrogen) atoms. The van der Waals surface area contributed by atoms with Crippen LogP contribution in [-0.2, 0) is 6.54 Å². The Bertz CT molecular complexity index is 667. The second-order valence-corrected chi connectivity index (χ2v) is 5.10. The van der Waals surface area contributed by atoms with Crippen molar-refractivity contribution in [2.75, 3.05) is 4.90 Å². The predicted molar refractivity (Wildman–Crippen MR) is 87.4 cm³/mol. The van der Waals surface area contributed by atoms with Crippen molar-refractivity contribution in [3.05, 3.63) is 77.5 Å². The molecule has 2 aromatic rings. The van der Waals surface area contributed by atoms with Crippen molar-refractivity contribution in [2.24, 2.45) is 0 Å². The van der Waals surface area contributed by atoms with E-state index in [2.05, 4.69) is 79.1 Å². The molecule has 0 spiro atoms. The van der Waals surface area contributed by atoms with Crippen molar-refractivity contribution < 1.29 is 0 Å². The zero-order valence-electron chi connectivity index (χ0n) is 11.8. The number of rotatable bonds is 2. The minimum Gasteiger partial charge on any atom is -0.341 e. The van der Waals surface area contributed by atoms with E-state index in [0.29, 0.717) is 0 Å². The molecule has 0 unspecified atom stereocenters. The van der Waals surface area contributed by atoms with Crippen LogP contribution >= 0.6 is 0 Å². The lowest BCUT2D eigenvalue weighted by Gasteiger charge is -2.30. The van der Waals surface area contributed by atoms with Crippen LogP contribution in [0.25, 0.3) is 12.2 Å². The summed E-state index contributed by atoms with van der Waals surface area (Å²) in [7, 11) is 0. The molecule has 0 N–H and O–H groups in total. The van der Waals surface area contributed by atoms with Gasteiger partial charge in [-0.15, -0.1) is 0 Å². The summed E-state index contributed by atoms with van der Waals surface area (Å²) in [6.07, 6.45) is 5.36. The van der Waals surface area contributed by atoms with E-state index in [4.69, 9.17) is 0 Å². The van der Waals surface area contributed by atoms with Crippen molar-refractivity contribution in [2.45, 2.75) is 19.9 Å². The van der Waals surface area contributed by atoms with Gasteiger partial charge in [0.1, 0.15) is 0 Å². The van der Waals surface area contributed by atoms with Crippen molar-refractivity contribution in [3.63, 3.8) is 0 Å². The molecule has 1 heterocycles. The number of fused-ring (bicyclic) bond motifs is 2. The standard InChI is InChI=1S/C19H19N/c1-3-15(2)20-14-18-10-5-4-8-16(18)12-13-17-9-6-7-11-19(17)20/h4-13H,2-3,14H2,1H3/b13-12-. The number of hydrogen-bond donors (Lipinski definition) is 0. The van der Waals surface area contributed by atoms with Gasteiger partial charge >= 0.3 is 0 Å². The largest absolute Gasteiger partial charge is 0.341 e. The van der Waals surface area contributed by atoms with Gasteiger partial charge in [-0.05, 0) is 29.2 Å². The van der Waals surface area contributed by atoms with Gasteiger partial charge in [-0.1, -0.05) is 68.1 Å². The number of allylic oxidation sites excluding steroid dienone is 1. The van der Waals surface area contributed by atoms with Gasteiger partial charge in [-0.25, -0.2) is 0 Å². The molecule has 1 nitrogen and oxygen atoms in total. The molecule has 2 aromatic carbocycles. The zero-order chi connectivity index (χ0) is 13.9. The second-order valence-electron chi connectivity index (χ2n) is 5.10. The molecule has 0 bridgehead atoms. The number of benzene rings is 2. The summed E-state index contributed by atoms with van der Waals surface area (Å²) in [5.41, 5.74) is 6.27. The number of hydrogen-bond acceptors (Lipinski definition) is 1. The molecular weight excluding hydrogens is 242 g/mol. The van der Waals surface area contributed by atoms with Crippen molar-refractivity contribution in [1.82, 2.24) is 0 Å². The summed E-state index contributed by atoms with van der Waals surface area (Å²) >= 11 is 0. The molecule has 100 valence electrons. The lowest BCUT2D eigenvalue weighted by atomic mass is 10.0. The van der Waals surface area contributed by atoms with E-state index in [-0.39, 0.29) is 0 Å². The average molecular weight is 261 g/mol. The third kappa shape index (κ3) is 2.27. The van der Waals surface area contributed by atoms with Gasteiger partial charge < -0.3 is 4.90 Å². The Morgan fingerprint density at radius 1 is 1.00 bits per heavy atom. The highest BCUT2D eigenvalue weighted by Gasteiger charge is 2.15. The van der Waals surface area contributed by atoms with Gasteiger partial charge in [0, 0.05) is 17.9 Å². The maximum atomic E-state index is 4.24. The Morgan fingerprint density at radius 3 is 2.45 bits per heavy atom. The second kappa shape index (κ2) is 5.38. The molecular formula is C19H19N. The van der Waals surface area contributed by atoms with Crippen LogP contribution in [0.4, 0.5) is 5.69 Å². The van der Waals surface area contributed by atoms with E-state index in [9.17, 15) is 0 Å². The predicted octanol–water partition coefficient (Wildman–Crippen LogP) is 5.10. The number of nitrogens with zero attached hydrogens (tertiary/aromatic N) is 1. The monoisotopic (exact) mass is 261 g/mol. The molecule has 1 heteroatoms. The fraction of sp³-hybridized carbons (Fsp3) is 0.158. The van der Waals surface area contributed by atoms with Gasteiger partial charge in [-0.3, -0.25) is 0 Å².